The number of thioether (sulfide) groups is 1. The van der Waals surface area contributed by atoms with Crippen LogP contribution in [-0.4, -0.2) is 21.9 Å². The highest BCUT2D eigenvalue weighted by atomic mass is 79.9. The summed E-state index contributed by atoms with van der Waals surface area (Å²) in [7, 11) is 0. The van der Waals surface area contributed by atoms with Crippen molar-refractivity contribution < 1.29 is 9.21 Å². The minimum Gasteiger partial charge on any atom is -0.411 e. The van der Waals surface area contributed by atoms with Crippen molar-refractivity contribution in [3.8, 4) is 11.5 Å². The number of hydrogen-bond acceptors (Lipinski definition) is 5. The van der Waals surface area contributed by atoms with Crippen LogP contribution in [0.2, 0.25) is 5.02 Å². The lowest BCUT2D eigenvalue weighted by Crippen LogP contribution is -2.14. The monoisotopic (exact) mass is 437 g/mol. The molecule has 0 aliphatic rings. The summed E-state index contributed by atoms with van der Waals surface area (Å²) in [4.78, 5) is 12.1. The first-order chi connectivity index (χ1) is 12.0. The maximum Gasteiger partial charge on any atom is 0.277 e. The molecule has 0 aliphatic carbocycles. The Morgan fingerprint density at radius 3 is 2.92 bits per heavy atom. The lowest BCUT2D eigenvalue weighted by atomic mass is 10.2. The van der Waals surface area contributed by atoms with Crippen LogP contribution in [0.5, 0.6) is 0 Å². The van der Waals surface area contributed by atoms with Crippen LogP contribution in [0.25, 0.3) is 11.5 Å². The predicted octanol–water partition coefficient (Wildman–Crippen LogP) is 5.19. The summed E-state index contributed by atoms with van der Waals surface area (Å²) >= 11 is 10.5. The summed E-state index contributed by atoms with van der Waals surface area (Å²) in [5.74, 6) is 0.402. The van der Waals surface area contributed by atoms with Crippen molar-refractivity contribution >= 4 is 50.9 Å². The number of nitrogens with zero attached hydrogens (tertiary/aromatic N) is 2. The topological polar surface area (TPSA) is 68.0 Å². The van der Waals surface area contributed by atoms with E-state index in [0.717, 1.165) is 15.6 Å². The Morgan fingerprint density at radius 1 is 1.28 bits per heavy atom. The lowest BCUT2D eigenvalue weighted by molar-refractivity contribution is -0.113. The molecule has 3 aromatic rings. The van der Waals surface area contributed by atoms with E-state index in [4.69, 9.17) is 16.0 Å². The number of aromatic nitrogens is 2. The molecule has 0 unspecified atom stereocenters. The van der Waals surface area contributed by atoms with Crippen LogP contribution >= 0.6 is 39.3 Å². The van der Waals surface area contributed by atoms with Gasteiger partial charge in [0.15, 0.2) is 0 Å². The molecule has 2 aromatic carbocycles. The van der Waals surface area contributed by atoms with Gasteiger partial charge in [-0.1, -0.05) is 51.4 Å². The molecule has 5 nitrogen and oxygen atoms in total. The molecule has 0 radical (unpaired) electrons. The smallest absolute Gasteiger partial charge is 0.277 e. The van der Waals surface area contributed by atoms with Crippen LogP contribution in [0, 0.1) is 6.92 Å². The SMILES string of the molecule is Cc1ccc(Cl)cc1NC(=O)CSc1nnc(-c2cccc(Br)c2)o1. The molecular weight excluding hydrogens is 426 g/mol. The zero-order chi connectivity index (χ0) is 17.8. The van der Waals surface area contributed by atoms with E-state index in [1.165, 1.54) is 11.8 Å². The van der Waals surface area contributed by atoms with E-state index in [9.17, 15) is 4.79 Å². The predicted molar refractivity (Wildman–Crippen MR) is 103 cm³/mol. The van der Waals surface area contributed by atoms with Crippen molar-refractivity contribution in [1.29, 1.82) is 0 Å². The highest BCUT2D eigenvalue weighted by Gasteiger charge is 2.12. The number of rotatable bonds is 5. The fourth-order valence-corrected chi connectivity index (χ4v) is 3.18. The average molecular weight is 439 g/mol. The van der Waals surface area contributed by atoms with Gasteiger partial charge in [0.25, 0.3) is 5.22 Å². The van der Waals surface area contributed by atoms with Gasteiger partial charge in [-0.15, -0.1) is 10.2 Å². The van der Waals surface area contributed by atoms with Gasteiger partial charge in [0.1, 0.15) is 0 Å². The van der Waals surface area contributed by atoms with Crippen LogP contribution in [-0.2, 0) is 4.79 Å². The second-order valence-electron chi connectivity index (χ2n) is 5.18. The van der Waals surface area contributed by atoms with Gasteiger partial charge in [-0.05, 0) is 42.8 Å². The highest BCUT2D eigenvalue weighted by Crippen LogP contribution is 2.26. The number of benzene rings is 2. The van der Waals surface area contributed by atoms with Gasteiger partial charge in [-0.2, -0.15) is 0 Å². The molecular formula is C17H13BrClN3O2S. The molecule has 0 fully saturated rings. The first-order valence-corrected chi connectivity index (χ1v) is 9.45. The molecule has 1 N–H and O–H groups in total. The molecule has 1 heterocycles. The number of hydrogen-bond donors (Lipinski definition) is 1. The zero-order valence-corrected chi connectivity index (χ0v) is 16.3. The van der Waals surface area contributed by atoms with Crippen molar-refractivity contribution in [2.45, 2.75) is 12.1 Å². The lowest BCUT2D eigenvalue weighted by Gasteiger charge is -2.07. The van der Waals surface area contributed by atoms with Gasteiger partial charge in [0.05, 0.1) is 5.75 Å². The molecule has 3 rings (SSSR count). The third kappa shape index (κ3) is 4.84. The first-order valence-electron chi connectivity index (χ1n) is 7.29. The molecule has 128 valence electrons. The van der Waals surface area contributed by atoms with E-state index in [2.05, 4.69) is 31.4 Å². The second-order valence-corrected chi connectivity index (χ2v) is 7.46. The van der Waals surface area contributed by atoms with Crippen LogP contribution < -0.4 is 5.32 Å². The molecule has 0 atom stereocenters. The van der Waals surface area contributed by atoms with Crippen molar-refractivity contribution in [3.05, 3.63) is 57.5 Å². The van der Waals surface area contributed by atoms with Gasteiger partial charge in [-0.25, -0.2) is 0 Å². The summed E-state index contributed by atoms with van der Waals surface area (Å²) in [6.07, 6.45) is 0. The number of nitrogens with one attached hydrogen (secondary N) is 1. The van der Waals surface area contributed by atoms with Crippen LogP contribution in [0.3, 0.4) is 0 Å². The summed E-state index contributed by atoms with van der Waals surface area (Å²) in [5.41, 5.74) is 2.45. The van der Waals surface area contributed by atoms with E-state index in [0.29, 0.717) is 21.8 Å². The summed E-state index contributed by atoms with van der Waals surface area (Å²) in [6, 6.07) is 12.9. The molecule has 0 bridgehead atoms. The maximum atomic E-state index is 12.1. The van der Waals surface area contributed by atoms with Crippen molar-refractivity contribution in [2.75, 3.05) is 11.1 Å². The van der Waals surface area contributed by atoms with Gasteiger partial charge < -0.3 is 9.73 Å². The van der Waals surface area contributed by atoms with Gasteiger partial charge in [0.2, 0.25) is 11.8 Å². The molecule has 0 saturated carbocycles. The second kappa shape index (κ2) is 8.03. The van der Waals surface area contributed by atoms with E-state index in [1.54, 1.807) is 12.1 Å². The fraction of sp³-hybridized carbons (Fsp3) is 0.118. The van der Waals surface area contributed by atoms with Crippen LogP contribution in [0.4, 0.5) is 5.69 Å². The molecule has 1 aromatic heterocycles. The van der Waals surface area contributed by atoms with Crippen molar-refractivity contribution in [3.63, 3.8) is 0 Å². The molecule has 8 heteroatoms. The van der Waals surface area contributed by atoms with Gasteiger partial charge >= 0.3 is 0 Å². The number of amides is 1. The Bertz CT molecular complexity index is 916. The number of halogens is 2. The Kier molecular flexibility index (Phi) is 5.78. The Hall–Kier alpha value is -1.83. The quantitative estimate of drug-likeness (QED) is 0.555. The van der Waals surface area contributed by atoms with E-state index >= 15 is 0 Å². The van der Waals surface area contributed by atoms with Crippen molar-refractivity contribution in [2.24, 2.45) is 0 Å². The first kappa shape index (κ1) is 18.0. The number of anilines is 1. The maximum absolute atomic E-state index is 12.1. The minimum atomic E-state index is -0.169. The Balaban J connectivity index is 1.60. The molecule has 0 saturated heterocycles. The third-order valence-corrected chi connectivity index (χ3v) is 4.83. The van der Waals surface area contributed by atoms with Crippen molar-refractivity contribution in [1.82, 2.24) is 10.2 Å². The van der Waals surface area contributed by atoms with Gasteiger partial charge in [-0.3, -0.25) is 4.79 Å². The Labute approximate surface area is 162 Å². The molecule has 25 heavy (non-hydrogen) atoms. The molecule has 0 spiro atoms. The average Bonchev–Trinajstić information content (AvgIpc) is 3.05. The number of carbonyl (C=O) groups is 1. The standard InChI is InChI=1S/C17H13BrClN3O2S/c1-10-5-6-13(19)8-14(10)20-15(23)9-25-17-22-21-16(24-17)11-3-2-4-12(18)7-11/h2-8H,9H2,1H3,(H,20,23). The molecule has 0 aliphatic heterocycles. The highest BCUT2D eigenvalue weighted by molar-refractivity contribution is 9.10. The summed E-state index contributed by atoms with van der Waals surface area (Å²) in [5, 5.41) is 11.7. The summed E-state index contributed by atoms with van der Waals surface area (Å²) in [6.45, 7) is 1.90. The third-order valence-electron chi connectivity index (χ3n) is 3.28. The minimum absolute atomic E-state index is 0.159. The van der Waals surface area contributed by atoms with Gasteiger partial charge in [0, 0.05) is 20.7 Å². The number of carbonyl (C=O) groups excluding carboxylic acids is 1. The summed E-state index contributed by atoms with van der Waals surface area (Å²) < 4.78 is 6.51. The zero-order valence-electron chi connectivity index (χ0n) is 13.1. The van der Waals surface area contributed by atoms with E-state index in [1.807, 2.05) is 37.3 Å². The number of aryl methyl sites for hydroxylation is 1. The molecule has 1 amide bonds. The fourth-order valence-electron chi connectivity index (χ4n) is 2.05. The van der Waals surface area contributed by atoms with Crippen LogP contribution in [0.15, 0.2) is 56.6 Å². The van der Waals surface area contributed by atoms with Crippen LogP contribution in [0.1, 0.15) is 5.56 Å². The normalized spacial score (nSPS) is 10.7. The Morgan fingerprint density at radius 2 is 2.12 bits per heavy atom. The van der Waals surface area contributed by atoms with E-state index < -0.39 is 0 Å². The van der Waals surface area contributed by atoms with E-state index in [-0.39, 0.29) is 11.7 Å². The largest absolute Gasteiger partial charge is 0.411 e.